The van der Waals surface area contributed by atoms with E-state index in [-0.39, 0.29) is 36.9 Å². The molecule has 0 saturated carbocycles. The highest BCUT2D eigenvalue weighted by Crippen LogP contribution is 2.35. The minimum absolute atomic E-state index is 0.00440. The molecular weight excluding hydrogens is 294 g/mol. The lowest BCUT2D eigenvalue weighted by atomic mass is 9.96. The smallest absolute Gasteiger partial charge is 0.265 e. The average Bonchev–Trinajstić information content (AvgIpc) is 2.54. The van der Waals surface area contributed by atoms with E-state index in [0.29, 0.717) is 18.0 Å². The number of amides is 2. The van der Waals surface area contributed by atoms with Gasteiger partial charge in [0.2, 0.25) is 5.91 Å². The van der Waals surface area contributed by atoms with Gasteiger partial charge in [0.05, 0.1) is 5.69 Å². The van der Waals surface area contributed by atoms with Crippen molar-refractivity contribution in [3.63, 3.8) is 0 Å². The Hall–Kier alpha value is -2.08. The number of anilines is 1. The van der Waals surface area contributed by atoms with Gasteiger partial charge in [-0.3, -0.25) is 14.5 Å². The normalized spacial score (nSPS) is 15.2. The van der Waals surface area contributed by atoms with Crippen LogP contribution in [0.2, 0.25) is 0 Å². The number of fused-ring (bicyclic) bond motifs is 1. The van der Waals surface area contributed by atoms with Crippen molar-refractivity contribution < 1.29 is 14.3 Å². The molecule has 0 spiro atoms. The molecule has 2 amide bonds. The average molecular weight is 319 g/mol. The first-order valence-corrected chi connectivity index (χ1v) is 8.03. The molecule has 0 aliphatic carbocycles. The van der Waals surface area contributed by atoms with Gasteiger partial charge in [-0.2, -0.15) is 0 Å². The highest BCUT2D eigenvalue weighted by molar-refractivity contribution is 6.02. The van der Waals surface area contributed by atoms with Gasteiger partial charge in [0.25, 0.3) is 5.91 Å². The van der Waals surface area contributed by atoms with Crippen LogP contribution in [-0.2, 0) is 9.59 Å². The van der Waals surface area contributed by atoms with Crippen LogP contribution in [0.4, 0.5) is 5.69 Å². The Labute approximate surface area is 137 Å². The van der Waals surface area contributed by atoms with Crippen molar-refractivity contribution in [3.05, 3.63) is 23.8 Å². The summed E-state index contributed by atoms with van der Waals surface area (Å²) in [6.45, 7) is 6.61. The van der Waals surface area contributed by atoms with Crippen LogP contribution in [0.1, 0.15) is 38.8 Å². The van der Waals surface area contributed by atoms with Crippen molar-refractivity contribution in [1.29, 1.82) is 0 Å². The summed E-state index contributed by atoms with van der Waals surface area (Å²) in [4.78, 5) is 25.6. The number of hydrogen-bond acceptors (Lipinski definition) is 4. The van der Waals surface area contributed by atoms with Gasteiger partial charge in [-0.1, -0.05) is 26.8 Å². The molecule has 6 nitrogen and oxygen atoms in total. The third-order valence-corrected chi connectivity index (χ3v) is 3.90. The van der Waals surface area contributed by atoms with Gasteiger partial charge in [0.1, 0.15) is 12.3 Å². The third-order valence-electron chi connectivity index (χ3n) is 3.90. The van der Waals surface area contributed by atoms with E-state index < -0.39 is 0 Å². The Morgan fingerprint density at radius 1 is 1.43 bits per heavy atom. The SMILES string of the molecule is CCCNC(=O)CN1C(=O)COc2ccc(C(N)C(C)C)cc21. The molecule has 1 atom stereocenters. The summed E-state index contributed by atoms with van der Waals surface area (Å²) >= 11 is 0. The molecule has 6 heteroatoms. The maximum atomic E-state index is 12.2. The molecule has 1 unspecified atom stereocenters. The lowest BCUT2D eigenvalue weighted by molar-refractivity contribution is -0.125. The van der Waals surface area contributed by atoms with Crippen molar-refractivity contribution in [1.82, 2.24) is 5.32 Å². The lowest BCUT2D eigenvalue weighted by Gasteiger charge is -2.30. The number of nitrogens with two attached hydrogens (primary N) is 1. The van der Waals surface area contributed by atoms with Gasteiger partial charge >= 0.3 is 0 Å². The minimum Gasteiger partial charge on any atom is -0.482 e. The quantitative estimate of drug-likeness (QED) is 0.834. The van der Waals surface area contributed by atoms with Crippen molar-refractivity contribution in [2.24, 2.45) is 11.7 Å². The summed E-state index contributed by atoms with van der Waals surface area (Å²) in [7, 11) is 0. The zero-order valence-electron chi connectivity index (χ0n) is 14.0. The molecule has 1 aromatic carbocycles. The highest BCUT2D eigenvalue weighted by atomic mass is 16.5. The van der Waals surface area contributed by atoms with Crippen LogP contribution in [0.5, 0.6) is 5.75 Å². The first kappa shape index (κ1) is 17.3. The first-order valence-electron chi connectivity index (χ1n) is 8.03. The second-order valence-electron chi connectivity index (χ2n) is 6.12. The standard InChI is InChI=1S/C17H25N3O3/c1-4-7-19-15(21)9-20-13-8-12(17(18)11(2)3)5-6-14(13)23-10-16(20)22/h5-6,8,11,17H,4,7,9-10,18H2,1-3H3,(H,19,21). The summed E-state index contributed by atoms with van der Waals surface area (Å²) in [5, 5.41) is 2.79. The van der Waals surface area contributed by atoms with Gasteiger partial charge in [-0.05, 0) is 30.0 Å². The molecule has 23 heavy (non-hydrogen) atoms. The maximum Gasteiger partial charge on any atom is 0.265 e. The second kappa shape index (κ2) is 7.46. The molecule has 2 rings (SSSR count). The van der Waals surface area contributed by atoms with Crippen LogP contribution in [0.25, 0.3) is 0 Å². The van der Waals surface area contributed by atoms with Crippen LogP contribution in [0, 0.1) is 5.92 Å². The van der Waals surface area contributed by atoms with Gasteiger partial charge in [-0.25, -0.2) is 0 Å². The Balaban J connectivity index is 2.26. The van der Waals surface area contributed by atoms with Gasteiger partial charge < -0.3 is 15.8 Å². The fourth-order valence-corrected chi connectivity index (χ4v) is 2.45. The van der Waals surface area contributed by atoms with E-state index in [1.807, 2.05) is 39.0 Å². The van der Waals surface area contributed by atoms with Crippen molar-refractivity contribution in [2.75, 3.05) is 24.6 Å². The number of ether oxygens (including phenoxy) is 1. The van der Waals surface area contributed by atoms with E-state index in [9.17, 15) is 9.59 Å². The number of nitrogens with zero attached hydrogens (tertiary/aromatic N) is 1. The summed E-state index contributed by atoms with van der Waals surface area (Å²) in [5.74, 6) is 0.480. The molecule has 1 aliphatic rings. The van der Waals surface area contributed by atoms with E-state index in [1.54, 1.807) is 0 Å². The molecule has 3 N–H and O–H groups in total. The van der Waals surface area contributed by atoms with Crippen LogP contribution < -0.4 is 20.7 Å². The van der Waals surface area contributed by atoms with Crippen LogP contribution >= 0.6 is 0 Å². The summed E-state index contributed by atoms with van der Waals surface area (Å²) < 4.78 is 5.46. The highest BCUT2D eigenvalue weighted by Gasteiger charge is 2.28. The Morgan fingerprint density at radius 3 is 2.83 bits per heavy atom. The molecule has 1 aromatic rings. The largest absolute Gasteiger partial charge is 0.482 e. The predicted octanol–water partition coefficient (Wildman–Crippen LogP) is 1.59. The molecule has 1 aliphatic heterocycles. The fraction of sp³-hybridized carbons (Fsp3) is 0.529. The van der Waals surface area contributed by atoms with Gasteiger partial charge in [-0.15, -0.1) is 0 Å². The zero-order valence-corrected chi connectivity index (χ0v) is 14.0. The molecule has 0 fully saturated rings. The van der Waals surface area contributed by atoms with Crippen LogP contribution in [-0.4, -0.2) is 31.5 Å². The summed E-state index contributed by atoms with van der Waals surface area (Å²) in [6, 6.07) is 5.45. The third kappa shape index (κ3) is 4.01. The topological polar surface area (TPSA) is 84.7 Å². The van der Waals surface area contributed by atoms with E-state index >= 15 is 0 Å². The first-order chi connectivity index (χ1) is 10.9. The van der Waals surface area contributed by atoms with E-state index in [4.69, 9.17) is 10.5 Å². The Morgan fingerprint density at radius 2 is 2.17 bits per heavy atom. The molecule has 0 saturated heterocycles. The molecule has 0 bridgehead atoms. The van der Waals surface area contributed by atoms with Crippen molar-refractivity contribution in [2.45, 2.75) is 33.2 Å². The number of nitrogens with one attached hydrogen (secondary N) is 1. The second-order valence-corrected chi connectivity index (χ2v) is 6.12. The monoisotopic (exact) mass is 319 g/mol. The van der Waals surface area contributed by atoms with E-state index in [0.717, 1.165) is 12.0 Å². The van der Waals surface area contributed by atoms with Gasteiger partial charge in [0, 0.05) is 12.6 Å². The van der Waals surface area contributed by atoms with Gasteiger partial charge in [0.15, 0.2) is 6.61 Å². The fourth-order valence-electron chi connectivity index (χ4n) is 2.45. The summed E-state index contributed by atoms with van der Waals surface area (Å²) in [5.41, 5.74) is 7.73. The van der Waals surface area contributed by atoms with Crippen molar-refractivity contribution in [3.8, 4) is 5.75 Å². The van der Waals surface area contributed by atoms with E-state index in [2.05, 4.69) is 5.32 Å². The molecule has 126 valence electrons. The predicted molar refractivity (Wildman–Crippen MR) is 89.4 cm³/mol. The van der Waals surface area contributed by atoms with Crippen LogP contribution in [0.3, 0.4) is 0 Å². The summed E-state index contributed by atoms with van der Waals surface area (Å²) in [6.07, 6.45) is 0.854. The number of rotatable bonds is 6. The minimum atomic E-state index is -0.223. The molecule has 0 aromatic heterocycles. The Kier molecular flexibility index (Phi) is 5.60. The number of carbonyl (C=O) groups is 2. The lowest BCUT2D eigenvalue weighted by Crippen LogP contribution is -2.45. The number of carbonyl (C=O) groups excluding carboxylic acids is 2. The molecule has 1 heterocycles. The maximum absolute atomic E-state index is 12.2. The zero-order chi connectivity index (χ0) is 17.0. The number of benzene rings is 1. The number of hydrogen-bond donors (Lipinski definition) is 2. The molecule has 0 radical (unpaired) electrons. The van der Waals surface area contributed by atoms with E-state index in [1.165, 1.54) is 4.90 Å². The molecular formula is C17H25N3O3. The Bertz CT molecular complexity index is 586. The van der Waals surface area contributed by atoms with Crippen LogP contribution in [0.15, 0.2) is 18.2 Å². The van der Waals surface area contributed by atoms with Crippen molar-refractivity contribution >= 4 is 17.5 Å².